The summed E-state index contributed by atoms with van der Waals surface area (Å²) in [5.74, 6) is 0.690. The van der Waals surface area contributed by atoms with E-state index in [9.17, 15) is 9.90 Å². The fourth-order valence-electron chi connectivity index (χ4n) is 2.91. The molecule has 1 atom stereocenters. The first-order valence-electron chi connectivity index (χ1n) is 8.29. The molecule has 0 bridgehead atoms. The molecule has 0 fully saturated rings. The van der Waals surface area contributed by atoms with E-state index in [-0.39, 0.29) is 12.0 Å². The van der Waals surface area contributed by atoms with Crippen LogP contribution in [0.25, 0.3) is 20.2 Å². The average Bonchev–Trinajstić information content (AvgIpc) is 2.58. The van der Waals surface area contributed by atoms with Crippen molar-refractivity contribution in [3.05, 3.63) is 51.7 Å². The summed E-state index contributed by atoms with van der Waals surface area (Å²) in [7, 11) is 0. The zero-order chi connectivity index (χ0) is 17.3. The van der Waals surface area contributed by atoms with E-state index in [0.717, 1.165) is 32.3 Å². The third-order valence-corrected chi connectivity index (χ3v) is 5.74. The van der Waals surface area contributed by atoms with Crippen LogP contribution in [0, 0.1) is 13.8 Å². The summed E-state index contributed by atoms with van der Waals surface area (Å²) in [6.45, 7) is 6.32. The molecule has 4 heteroatoms. The Balaban J connectivity index is 2.12. The highest BCUT2D eigenvalue weighted by atomic mass is 32.1. The van der Waals surface area contributed by atoms with Gasteiger partial charge in [0, 0.05) is 20.2 Å². The minimum absolute atomic E-state index is 0.0430. The van der Waals surface area contributed by atoms with Crippen LogP contribution >= 0.6 is 11.3 Å². The van der Waals surface area contributed by atoms with Gasteiger partial charge in [0.25, 0.3) is 0 Å². The highest BCUT2D eigenvalue weighted by Gasteiger charge is 2.14. The van der Waals surface area contributed by atoms with Crippen molar-refractivity contribution in [2.45, 2.75) is 39.7 Å². The lowest BCUT2D eigenvalue weighted by molar-refractivity contribution is 0.0990. The first kappa shape index (κ1) is 16.9. The molecule has 0 spiro atoms. The van der Waals surface area contributed by atoms with E-state index in [0.29, 0.717) is 17.6 Å². The molecule has 3 rings (SSSR count). The summed E-state index contributed by atoms with van der Waals surface area (Å²) < 4.78 is 7.84. The second kappa shape index (κ2) is 6.91. The minimum atomic E-state index is -0.475. The van der Waals surface area contributed by atoms with E-state index < -0.39 is 6.10 Å². The van der Waals surface area contributed by atoms with Crippen molar-refractivity contribution in [1.29, 1.82) is 0 Å². The number of rotatable bonds is 5. The van der Waals surface area contributed by atoms with Gasteiger partial charge in [-0.05, 0) is 49.6 Å². The number of hydrogen-bond acceptors (Lipinski definition) is 4. The van der Waals surface area contributed by atoms with Crippen molar-refractivity contribution in [2.75, 3.05) is 6.61 Å². The highest BCUT2D eigenvalue weighted by molar-refractivity contribution is 7.24. The smallest absolute Gasteiger partial charge is 0.196 e. The number of aliphatic hydroxyl groups excluding tert-OH is 1. The van der Waals surface area contributed by atoms with Gasteiger partial charge in [0.15, 0.2) is 5.43 Å². The normalized spacial score (nSPS) is 12.7. The van der Waals surface area contributed by atoms with Crippen molar-refractivity contribution in [2.24, 2.45) is 0 Å². The molecule has 0 saturated carbocycles. The van der Waals surface area contributed by atoms with Crippen LogP contribution in [0.4, 0.5) is 0 Å². The first-order chi connectivity index (χ1) is 11.5. The molecular formula is C20H22O3S. The molecule has 1 N–H and O–H groups in total. The number of benzene rings is 2. The maximum atomic E-state index is 12.8. The maximum absolute atomic E-state index is 12.8. The predicted octanol–water partition coefficient (Wildman–Crippen LogP) is 4.57. The van der Waals surface area contributed by atoms with Crippen LogP contribution in [0.3, 0.4) is 0 Å². The summed E-state index contributed by atoms with van der Waals surface area (Å²) in [6, 6.07) is 9.54. The van der Waals surface area contributed by atoms with Crippen molar-refractivity contribution in [3.63, 3.8) is 0 Å². The SMILES string of the molecule is CCCC(O)COc1cc2c(=O)c3ccccc3sc2c(C)c1C. The molecule has 1 unspecified atom stereocenters. The molecule has 3 nitrogen and oxygen atoms in total. The Morgan fingerprint density at radius 2 is 1.92 bits per heavy atom. The third kappa shape index (κ3) is 3.04. The summed E-state index contributed by atoms with van der Waals surface area (Å²) >= 11 is 1.64. The Morgan fingerprint density at radius 1 is 1.17 bits per heavy atom. The summed E-state index contributed by atoms with van der Waals surface area (Å²) in [5, 5.41) is 11.3. The van der Waals surface area contributed by atoms with Crippen LogP contribution in [0.1, 0.15) is 30.9 Å². The van der Waals surface area contributed by atoms with Crippen molar-refractivity contribution < 1.29 is 9.84 Å². The number of aryl methyl sites for hydroxylation is 1. The van der Waals surface area contributed by atoms with Crippen molar-refractivity contribution in [3.8, 4) is 5.75 Å². The van der Waals surface area contributed by atoms with Gasteiger partial charge < -0.3 is 9.84 Å². The van der Waals surface area contributed by atoms with Gasteiger partial charge in [0.1, 0.15) is 12.4 Å². The molecule has 0 aliphatic heterocycles. The van der Waals surface area contributed by atoms with E-state index in [2.05, 4.69) is 0 Å². The second-order valence-corrected chi connectivity index (χ2v) is 7.23. The quantitative estimate of drug-likeness (QED) is 0.691. The summed E-state index contributed by atoms with van der Waals surface area (Å²) in [5.41, 5.74) is 2.14. The van der Waals surface area contributed by atoms with Crippen molar-refractivity contribution >= 4 is 31.5 Å². The lowest BCUT2D eigenvalue weighted by Gasteiger charge is -2.16. The molecule has 2 aromatic carbocycles. The molecule has 0 saturated heterocycles. The van der Waals surface area contributed by atoms with E-state index >= 15 is 0 Å². The number of aliphatic hydroxyl groups is 1. The van der Waals surface area contributed by atoms with Gasteiger partial charge in [-0.25, -0.2) is 0 Å². The standard InChI is InChI=1S/C20H22O3S/c1-4-7-14(21)11-23-17-10-16-19(22)15-8-5-6-9-18(15)24-20(16)13(3)12(17)2/h5-6,8-10,14,21H,4,7,11H2,1-3H3. The predicted molar refractivity (Wildman–Crippen MR) is 101 cm³/mol. The summed E-state index contributed by atoms with van der Waals surface area (Å²) in [4.78, 5) is 12.8. The molecular weight excluding hydrogens is 320 g/mol. The molecule has 1 aromatic heterocycles. The molecule has 3 aromatic rings. The van der Waals surface area contributed by atoms with Gasteiger partial charge in [-0.2, -0.15) is 0 Å². The van der Waals surface area contributed by atoms with Crippen LogP contribution in [-0.4, -0.2) is 17.8 Å². The Kier molecular flexibility index (Phi) is 4.88. The van der Waals surface area contributed by atoms with Crippen LogP contribution in [0.15, 0.2) is 35.1 Å². The number of fused-ring (bicyclic) bond motifs is 2. The fraction of sp³-hybridized carbons (Fsp3) is 0.350. The van der Waals surface area contributed by atoms with Gasteiger partial charge >= 0.3 is 0 Å². The molecule has 1 heterocycles. The molecule has 0 amide bonds. The average molecular weight is 342 g/mol. The van der Waals surface area contributed by atoms with E-state index in [4.69, 9.17) is 4.74 Å². The van der Waals surface area contributed by atoms with Crippen LogP contribution < -0.4 is 10.2 Å². The molecule has 0 aliphatic carbocycles. The largest absolute Gasteiger partial charge is 0.491 e. The lowest BCUT2D eigenvalue weighted by atomic mass is 10.0. The van der Waals surface area contributed by atoms with Gasteiger partial charge in [0.05, 0.1) is 6.10 Å². The van der Waals surface area contributed by atoms with Gasteiger partial charge in [-0.3, -0.25) is 4.79 Å². The maximum Gasteiger partial charge on any atom is 0.196 e. The lowest BCUT2D eigenvalue weighted by Crippen LogP contribution is -2.17. The Hall–Kier alpha value is -1.91. The monoisotopic (exact) mass is 342 g/mol. The molecule has 0 radical (unpaired) electrons. The van der Waals surface area contributed by atoms with Crippen LogP contribution in [0.5, 0.6) is 5.75 Å². The van der Waals surface area contributed by atoms with Gasteiger partial charge in [-0.1, -0.05) is 25.5 Å². The first-order valence-corrected chi connectivity index (χ1v) is 9.11. The number of hydrogen-bond donors (Lipinski definition) is 1. The Morgan fingerprint density at radius 3 is 2.67 bits per heavy atom. The third-order valence-electron chi connectivity index (χ3n) is 4.43. The van der Waals surface area contributed by atoms with Crippen LogP contribution in [-0.2, 0) is 0 Å². The Bertz CT molecular complexity index is 943. The van der Waals surface area contributed by atoms with Gasteiger partial charge in [0.2, 0.25) is 0 Å². The second-order valence-electron chi connectivity index (χ2n) is 6.18. The van der Waals surface area contributed by atoms with E-state index in [1.54, 1.807) is 11.3 Å². The van der Waals surface area contributed by atoms with E-state index in [1.165, 1.54) is 0 Å². The molecule has 24 heavy (non-hydrogen) atoms. The zero-order valence-electron chi connectivity index (χ0n) is 14.3. The zero-order valence-corrected chi connectivity index (χ0v) is 15.1. The molecule has 126 valence electrons. The van der Waals surface area contributed by atoms with Gasteiger partial charge in [-0.15, -0.1) is 11.3 Å². The number of ether oxygens (including phenoxy) is 1. The van der Waals surface area contributed by atoms with Crippen LogP contribution in [0.2, 0.25) is 0 Å². The highest BCUT2D eigenvalue weighted by Crippen LogP contribution is 2.33. The Labute approximate surface area is 145 Å². The van der Waals surface area contributed by atoms with E-state index in [1.807, 2.05) is 51.1 Å². The minimum Gasteiger partial charge on any atom is -0.491 e. The molecule has 0 aliphatic rings. The fourth-order valence-corrected chi connectivity index (χ4v) is 4.12. The summed E-state index contributed by atoms with van der Waals surface area (Å²) in [6.07, 6.45) is 1.15. The topological polar surface area (TPSA) is 46.5 Å². The van der Waals surface area contributed by atoms with Crippen molar-refractivity contribution in [1.82, 2.24) is 0 Å².